The smallest absolute Gasteiger partial charge is 0.248 e. The number of thiol groups is 1. The third kappa shape index (κ3) is 3.55. The van der Waals surface area contributed by atoms with E-state index in [-0.39, 0.29) is 5.56 Å². The molecule has 0 bridgehead atoms. The number of aromatic amines is 1. The van der Waals surface area contributed by atoms with Gasteiger partial charge in [-0.25, -0.2) is 0 Å². The fourth-order valence-corrected chi connectivity index (χ4v) is 4.17. The van der Waals surface area contributed by atoms with Crippen LogP contribution in [0.2, 0.25) is 0 Å². The number of aromatic nitrogens is 4. The van der Waals surface area contributed by atoms with Crippen molar-refractivity contribution >= 4 is 23.5 Å². The molecule has 5 aromatic rings. The van der Waals surface area contributed by atoms with Crippen molar-refractivity contribution < 1.29 is 0 Å². The highest BCUT2D eigenvalue weighted by Gasteiger charge is 2.24. The molecule has 5 nitrogen and oxygen atoms in total. The number of hydrogen-bond acceptors (Lipinski definition) is 4. The van der Waals surface area contributed by atoms with Gasteiger partial charge in [0.2, 0.25) is 5.56 Å². The molecule has 0 aliphatic carbocycles. The van der Waals surface area contributed by atoms with Crippen molar-refractivity contribution in [2.45, 2.75) is 12.2 Å². The predicted molar refractivity (Wildman–Crippen MR) is 127 cm³/mol. The second-order valence-electron chi connectivity index (χ2n) is 7.46. The van der Waals surface area contributed by atoms with Gasteiger partial charge in [-0.05, 0) is 30.7 Å². The van der Waals surface area contributed by atoms with Gasteiger partial charge >= 0.3 is 0 Å². The molecule has 152 valence electrons. The Kier molecular flexibility index (Phi) is 4.92. The third-order valence-corrected chi connectivity index (χ3v) is 5.84. The van der Waals surface area contributed by atoms with Gasteiger partial charge < -0.3 is 4.98 Å². The Morgan fingerprint density at radius 2 is 1.61 bits per heavy atom. The average molecular weight is 425 g/mol. The average Bonchev–Trinajstić information content (AvgIpc) is 3.24. The fourth-order valence-electron chi connectivity index (χ4n) is 3.79. The first-order chi connectivity index (χ1) is 15.1. The molecule has 2 aromatic heterocycles. The number of fused-ring (bicyclic) bond motifs is 1. The molecule has 0 radical (unpaired) electrons. The zero-order chi connectivity index (χ0) is 21.4. The highest BCUT2D eigenvalue weighted by atomic mass is 32.1. The van der Waals surface area contributed by atoms with Crippen molar-refractivity contribution in [2.24, 2.45) is 0 Å². The zero-order valence-corrected chi connectivity index (χ0v) is 17.8. The molecular formula is C25H20N4OS. The molecule has 0 spiro atoms. The van der Waals surface area contributed by atoms with Crippen LogP contribution in [0.3, 0.4) is 0 Å². The maximum absolute atomic E-state index is 12.3. The number of para-hydroxylation sites is 2. The van der Waals surface area contributed by atoms with Crippen molar-refractivity contribution in [2.75, 3.05) is 0 Å². The second-order valence-corrected chi connectivity index (χ2v) is 7.97. The number of aryl methyl sites for hydroxylation is 1. The summed E-state index contributed by atoms with van der Waals surface area (Å²) in [5, 5.41) is 9.53. The molecule has 0 aliphatic rings. The summed E-state index contributed by atoms with van der Waals surface area (Å²) in [4.78, 5) is 15.2. The van der Waals surface area contributed by atoms with Crippen LogP contribution in [-0.2, 0) is 0 Å². The molecular weight excluding hydrogens is 404 g/mol. The van der Waals surface area contributed by atoms with E-state index >= 15 is 0 Å². The zero-order valence-electron chi connectivity index (χ0n) is 16.9. The molecule has 0 aliphatic heterocycles. The molecule has 2 heterocycles. The normalized spacial score (nSPS) is 12.2. The third-order valence-electron chi connectivity index (χ3n) is 5.33. The first-order valence-corrected chi connectivity index (χ1v) is 10.5. The highest BCUT2D eigenvalue weighted by molar-refractivity contribution is 7.80. The van der Waals surface area contributed by atoms with Crippen LogP contribution in [-0.4, -0.2) is 19.7 Å². The predicted octanol–water partition coefficient (Wildman–Crippen LogP) is 5.10. The van der Waals surface area contributed by atoms with E-state index in [0.717, 1.165) is 33.5 Å². The molecule has 1 unspecified atom stereocenters. The van der Waals surface area contributed by atoms with E-state index in [2.05, 4.69) is 34.2 Å². The number of pyridine rings is 1. The molecule has 1 atom stereocenters. The Morgan fingerprint density at radius 3 is 2.39 bits per heavy atom. The van der Waals surface area contributed by atoms with E-state index in [0.29, 0.717) is 5.82 Å². The topological polar surface area (TPSA) is 63.6 Å². The molecule has 1 N–H and O–H groups in total. The summed E-state index contributed by atoms with van der Waals surface area (Å²) in [6.07, 6.45) is 0. The van der Waals surface area contributed by atoms with Crippen LogP contribution in [0.25, 0.3) is 28.0 Å². The van der Waals surface area contributed by atoms with Crippen molar-refractivity contribution in [1.29, 1.82) is 0 Å². The number of hydrogen-bond donors (Lipinski definition) is 2. The van der Waals surface area contributed by atoms with Crippen LogP contribution in [0.1, 0.15) is 22.2 Å². The Morgan fingerprint density at radius 1 is 0.903 bits per heavy atom. The number of nitrogens with zero attached hydrogens (tertiary/aromatic N) is 3. The molecule has 31 heavy (non-hydrogen) atoms. The summed E-state index contributed by atoms with van der Waals surface area (Å²) in [6.45, 7) is 2.05. The number of rotatable bonds is 4. The summed E-state index contributed by atoms with van der Waals surface area (Å²) in [5.74, 6) is 1.38. The molecule has 0 fully saturated rings. The van der Waals surface area contributed by atoms with Crippen LogP contribution < -0.4 is 5.56 Å². The second kappa shape index (κ2) is 7.89. The van der Waals surface area contributed by atoms with Gasteiger partial charge in [-0.1, -0.05) is 66.2 Å². The minimum atomic E-state index is -0.445. The van der Waals surface area contributed by atoms with E-state index in [1.54, 1.807) is 6.07 Å². The Bertz CT molecular complexity index is 1420. The number of nitrogens with one attached hydrogen (secondary N) is 1. The van der Waals surface area contributed by atoms with Gasteiger partial charge in [0.25, 0.3) is 0 Å². The summed E-state index contributed by atoms with van der Waals surface area (Å²) < 4.78 is 2.01. The van der Waals surface area contributed by atoms with Gasteiger partial charge in [0.1, 0.15) is 0 Å². The minimum absolute atomic E-state index is 0.169. The lowest BCUT2D eigenvalue weighted by Gasteiger charge is -2.16. The number of H-pyrrole nitrogens is 1. The lowest BCUT2D eigenvalue weighted by Crippen LogP contribution is -2.11. The van der Waals surface area contributed by atoms with Crippen molar-refractivity contribution in [1.82, 2.24) is 19.7 Å². The first-order valence-electron chi connectivity index (χ1n) is 9.99. The SMILES string of the molecule is Cc1ccc(-c2nnc(C(S)c3cc(=O)[nH]c4ccccc34)n2-c2ccccc2)cc1. The molecule has 6 heteroatoms. The molecule has 0 saturated heterocycles. The maximum atomic E-state index is 12.3. The quantitative estimate of drug-likeness (QED) is 0.394. The monoisotopic (exact) mass is 424 g/mol. The van der Waals surface area contributed by atoms with Crippen LogP contribution in [0.5, 0.6) is 0 Å². The number of benzene rings is 3. The lowest BCUT2D eigenvalue weighted by molar-refractivity contribution is 0.899. The standard InChI is InChI=1S/C25H20N4OS/c1-16-11-13-17(14-12-16)24-27-28-25(29(24)18-7-3-2-4-8-18)23(31)20-15-22(30)26-21-10-6-5-9-19(20)21/h2-15,23,31H,1H3,(H,26,30). The van der Waals surface area contributed by atoms with E-state index in [1.165, 1.54) is 5.56 Å². The Labute approximate surface area is 184 Å². The van der Waals surface area contributed by atoms with E-state index < -0.39 is 5.25 Å². The molecule has 0 saturated carbocycles. The van der Waals surface area contributed by atoms with Crippen LogP contribution >= 0.6 is 12.6 Å². The summed E-state index contributed by atoms with van der Waals surface area (Å²) >= 11 is 4.92. The van der Waals surface area contributed by atoms with Crippen molar-refractivity contribution in [3.05, 3.63) is 112 Å². The largest absolute Gasteiger partial charge is 0.322 e. The van der Waals surface area contributed by atoms with E-state index in [4.69, 9.17) is 12.6 Å². The van der Waals surface area contributed by atoms with Gasteiger partial charge in [0.05, 0.1) is 5.25 Å². The Balaban J connectivity index is 1.74. The fraction of sp³-hybridized carbons (Fsp3) is 0.0800. The summed E-state index contributed by atoms with van der Waals surface area (Å²) in [5.41, 5.74) is 4.47. The highest BCUT2D eigenvalue weighted by Crippen LogP contribution is 2.34. The first kappa shape index (κ1) is 19.3. The van der Waals surface area contributed by atoms with Crippen molar-refractivity contribution in [3.8, 4) is 17.1 Å². The van der Waals surface area contributed by atoms with Crippen LogP contribution in [0, 0.1) is 6.92 Å². The van der Waals surface area contributed by atoms with Gasteiger partial charge in [-0.3, -0.25) is 9.36 Å². The summed E-state index contributed by atoms with van der Waals surface area (Å²) in [6, 6.07) is 27.5. The van der Waals surface area contributed by atoms with Gasteiger partial charge in [-0.2, -0.15) is 12.6 Å². The Hall–Kier alpha value is -3.64. The molecule has 5 rings (SSSR count). The molecule has 3 aromatic carbocycles. The lowest BCUT2D eigenvalue weighted by atomic mass is 10.1. The van der Waals surface area contributed by atoms with Gasteiger partial charge in [0, 0.05) is 28.2 Å². The van der Waals surface area contributed by atoms with Crippen molar-refractivity contribution in [3.63, 3.8) is 0 Å². The van der Waals surface area contributed by atoms with Gasteiger partial charge in [-0.15, -0.1) is 10.2 Å². The summed E-state index contributed by atoms with van der Waals surface area (Å²) in [7, 11) is 0. The van der Waals surface area contributed by atoms with Crippen LogP contribution in [0.4, 0.5) is 0 Å². The minimum Gasteiger partial charge on any atom is -0.322 e. The van der Waals surface area contributed by atoms with Gasteiger partial charge in [0.15, 0.2) is 11.6 Å². The maximum Gasteiger partial charge on any atom is 0.248 e. The molecule has 0 amide bonds. The van der Waals surface area contributed by atoms with E-state index in [1.807, 2.05) is 71.3 Å². The van der Waals surface area contributed by atoms with Crippen LogP contribution in [0.15, 0.2) is 89.7 Å². The van der Waals surface area contributed by atoms with E-state index in [9.17, 15) is 4.79 Å².